The van der Waals surface area contributed by atoms with Crippen LogP contribution >= 0.6 is 11.6 Å². The van der Waals surface area contributed by atoms with Crippen molar-refractivity contribution < 1.29 is 14.3 Å². The Labute approximate surface area is 97.1 Å². The number of hydrogen-bond acceptors (Lipinski definition) is 3. The SMILES string of the molecule is CC(C)(C)OC(=O)OCCCCCCCl. The van der Waals surface area contributed by atoms with E-state index in [0.717, 1.165) is 25.7 Å². The third kappa shape index (κ3) is 11.5. The third-order valence-corrected chi connectivity index (χ3v) is 1.90. The van der Waals surface area contributed by atoms with Gasteiger partial charge in [0.25, 0.3) is 0 Å². The largest absolute Gasteiger partial charge is 0.508 e. The highest BCUT2D eigenvalue weighted by Crippen LogP contribution is 2.08. The number of unbranched alkanes of at least 4 members (excludes halogenated alkanes) is 3. The molecule has 0 aliphatic carbocycles. The summed E-state index contributed by atoms with van der Waals surface area (Å²) in [5, 5.41) is 0. The molecule has 0 N–H and O–H groups in total. The van der Waals surface area contributed by atoms with Crippen LogP contribution in [0.4, 0.5) is 4.79 Å². The standard InChI is InChI=1S/C11H21ClO3/c1-11(2,3)15-10(13)14-9-7-5-4-6-8-12/h4-9H2,1-3H3. The number of rotatable bonds is 6. The van der Waals surface area contributed by atoms with Crippen LogP contribution in [0.1, 0.15) is 46.5 Å². The predicted octanol–water partition coefficient (Wildman–Crippen LogP) is 3.74. The van der Waals surface area contributed by atoms with Crippen molar-refractivity contribution in [3.8, 4) is 0 Å². The Kier molecular flexibility index (Phi) is 7.57. The third-order valence-electron chi connectivity index (χ3n) is 1.64. The first-order valence-electron chi connectivity index (χ1n) is 5.37. The highest BCUT2D eigenvalue weighted by molar-refractivity contribution is 6.17. The second kappa shape index (κ2) is 7.80. The van der Waals surface area contributed by atoms with Crippen molar-refractivity contribution in [3.63, 3.8) is 0 Å². The summed E-state index contributed by atoms with van der Waals surface area (Å²) in [5.41, 5.74) is -0.476. The summed E-state index contributed by atoms with van der Waals surface area (Å²) >= 11 is 5.53. The fourth-order valence-electron chi connectivity index (χ4n) is 0.985. The second-order valence-electron chi connectivity index (χ2n) is 4.42. The number of carbonyl (C=O) groups excluding carboxylic acids is 1. The number of hydrogen-bond donors (Lipinski definition) is 0. The Morgan fingerprint density at radius 1 is 1.13 bits per heavy atom. The zero-order valence-electron chi connectivity index (χ0n) is 9.85. The fourth-order valence-corrected chi connectivity index (χ4v) is 1.17. The summed E-state index contributed by atoms with van der Waals surface area (Å²) in [4.78, 5) is 11.1. The van der Waals surface area contributed by atoms with Gasteiger partial charge in [0.2, 0.25) is 0 Å². The summed E-state index contributed by atoms with van der Waals surface area (Å²) in [7, 11) is 0. The first-order chi connectivity index (χ1) is 6.95. The van der Waals surface area contributed by atoms with E-state index in [0.29, 0.717) is 12.5 Å². The fraction of sp³-hybridized carbons (Fsp3) is 0.909. The lowest BCUT2D eigenvalue weighted by molar-refractivity contribution is -0.00768. The second-order valence-corrected chi connectivity index (χ2v) is 4.79. The van der Waals surface area contributed by atoms with Crippen molar-refractivity contribution in [3.05, 3.63) is 0 Å². The molecule has 90 valence electrons. The Balaban J connectivity index is 3.32. The van der Waals surface area contributed by atoms with E-state index < -0.39 is 11.8 Å². The number of ether oxygens (including phenoxy) is 2. The molecule has 15 heavy (non-hydrogen) atoms. The minimum Gasteiger partial charge on any atom is -0.434 e. The summed E-state index contributed by atoms with van der Waals surface area (Å²) in [5.74, 6) is 0.701. The molecule has 0 rings (SSSR count). The maximum absolute atomic E-state index is 11.1. The maximum Gasteiger partial charge on any atom is 0.508 e. The van der Waals surface area contributed by atoms with Crippen molar-refractivity contribution in [2.24, 2.45) is 0 Å². The molecule has 3 nitrogen and oxygen atoms in total. The van der Waals surface area contributed by atoms with Crippen molar-refractivity contribution in [1.29, 1.82) is 0 Å². The molecule has 0 amide bonds. The minimum absolute atomic E-state index is 0.428. The molecule has 0 saturated carbocycles. The van der Waals surface area contributed by atoms with Gasteiger partial charge in [-0.25, -0.2) is 4.79 Å². The van der Waals surface area contributed by atoms with E-state index >= 15 is 0 Å². The summed E-state index contributed by atoms with van der Waals surface area (Å²) in [6.45, 7) is 5.87. The molecule has 0 heterocycles. The highest BCUT2D eigenvalue weighted by atomic mass is 35.5. The molecule has 0 saturated heterocycles. The predicted molar refractivity (Wildman–Crippen MR) is 61.4 cm³/mol. The summed E-state index contributed by atoms with van der Waals surface area (Å²) in [6, 6.07) is 0. The molecule has 0 aromatic heterocycles. The molecule has 0 aliphatic rings. The van der Waals surface area contributed by atoms with Gasteiger partial charge in [0, 0.05) is 5.88 Å². The van der Waals surface area contributed by atoms with Gasteiger partial charge in [0.05, 0.1) is 6.61 Å². The van der Waals surface area contributed by atoms with E-state index in [1.54, 1.807) is 0 Å². The van der Waals surface area contributed by atoms with Gasteiger partial charge in [-0.3, -0.25) is 0 Å². The molecule has 0 aromatic rings. The van der Waals surface area contributed by atoms with Crippen LogP contribution in [0, 0.1) is 0 Å². The van der Waals surface area contributed by atoms with Crippen LogP contribution in [0.2, 0.25) is 0 Å². The topological polar surface area (TPSA) is 35.5 Å². The van der Waals surface area contributed by atoms with Gasteiger partial charge < -0.3 is 9.47 Å². The molecule has 0 aromatic carbocycles. The Hall–Kier alpha value is -0.440. The van der Waals surface area contributed by atoms with Gasteiger partial charge >= 0.3 is 6.16 Å². The van der Waals surface area contributed by atoms with Gasteiger partial charge in [0.1, 0.15) is 5.60 Å². The highest BCUT2D eigenvalue weighted by Gasteiger charge is 2.16. The first kappa shape index (κ1) is 14.6. The van der Waals surface area contributed by atoms with Crippen LogP contribution in [0.15, 0.2) is 0 Å². The van der Waals surface area contributed by atoms with E-state index in [1.807, 2.05) is 20.8 Å². The molecule has 4 heteroatoms. The Morgan fingerprint density at radius 3 is 2.27 bits per heavy atom. The zero-order valence-corrected chi connectivity index (χ0v) is 10.6. The minimum atomic E-state index is -0.583. The van der Waals surface area contributed by atoms with E-state index in [4.69, 9.17) is 21.1 Å². The molecule has 0 bridgehead atoms. The monoisotopic (exact) mass is 236 g/mol. The molecular weight excluding hydrogens is 216 g/mol. The molecule has 0 spiro atoms. The van der Waals surface area contributed by atoms with Gasteiger partial charge in [-0.15, -0.1) is 11.6 Å². The van der Waals surface area contributed by atoms with Crippen LogP contribution in [0.3, 0.4) is 0 Å². The van der Waals surface area contributed by atoms with E-state index in [2.05, 4.69) is 0 Å². The van der Waals surface area contributed by atoms with E-state index in [1.165, 1.54) is 0 Å². The van der Waals surface area contributed by atoms with Crippen molar-refractivity contribution in [2.75, 3.05) is 12.5 Å². The molecule has 0 unspecified atom stereocenters. The lowest BCUT2D eigenvalue weighted by Gasteiger charge is -2.18. The van der Waals surface area contributed by atoms with Gasteiger partial charge in [0.15, 0.2) is 0 Å². The molecule has 0 fully saturated rings. The van der Waals surface area contributed by atoms with Gasteiger partial charge in [-0.05, 0) is 33.6 Å². The van der Waals surface area contributed by atoms with Crippen LogP contribution in [-0.2, 0) is 9.47 Å². The van der Waals surface area contributed by atoms with Gasteiger partial charge in [-0.2, -0.15) is 0 Å². The smallest absolute Gasteiger partial charge is 0.434 e. The lowest BCUT2D eigenvalue weighted by Crippen LogP contribution is -2.24. The summed E-state index contributed by atoms with van der Waals surface area (Å²) < 4.78 is 9.89. The van der Waals surface area contributed by atoms with Gasteiger partial charge in [-0.1, -0.05) is 12.8 Å². The molecule has 0 atom stereocenters. The van der Waals surface area contributed by atoms with E-state index in [-0.39, 0.29) is 0 Å². The average Bonchev–Trinajstić information content (AvgIpc) is 2.08. The molecular formula is C11H21ClO3. The maximum atomic E-state index is 11.1. The Morgan fingerprint density at radius 2 is 1.73 bits per heavy atom. The Bertz CT molecular complexity index is 175. The van der Waals surface area contributed by atoms with Crippen LogP contribution < -0.4 is 0 Å². The van der Waals surface area contributed by atoms with Crippen LogP contribution in [-0.4, -0.2) is 24.2 Å². The van der Waals surface area contributed by atoms with Crippen LogP contribution in [0.5, 0.6) is 0 Å². The molecule has 0 radical (unpaired) electrons. The quantitative estimate of drug-likeness (QED) is 0.400. The zero-order chi connectivity index (χ0) is 11.7. The normalized spacial score (nSPS) is 11.2. The van der Waals surface area contributed by atoms with E-state index in [9.17, 15) is 4.79 Å². The number of carbonyl (C=O) groups is 1. The average molecular weight is 237 g/mol. The van der Waals surface area contributed by atoms with Crippen molar-refractivity contribution in [1.82, 2.24) is 0 Å². The lowest BCUT2D eigenvalue weighted by atomic mass is 10.2. The number of halogens is 1. The number of alkyl halides is 1. The van der Waals surface area contributed by atoms with Crippen LogP contribution in [0.25, 0.3) is 0 Å². The summed E-state index contributed by atoms with van der Waals surface area (Å²) in [6.07, 6.45) is 3.43. The molecule has 0 aliphatic heterocycles. The first-order valence-corrected chi connectivity index (χ1v) is 5.91. The van der Waals surface area contributed by atoms with Crippen molar-refractivity contribution in [2.45, 2.75) is 52.1 Å². The van der Waals surface area contributed by atoms with Crippen molar-refractivity contribution >= 4 is 17.8 Å².